The fourth-order valence-corrected chi connectivity index (χ4v) is 1.75. The number of rotatable bonds is 6. The Kier molecular flexibility index (Phi) is 7.39. The molecule has 1 aliphatic rings. The first-order valence-corrected chi connectivity index (χ1v) is 6.34. The molecule has 0 radical (unpaired) electrons. The lowest BCUT2D eigenvalue weighted by Crippen LogP contribution is -2.50. The molecule has 1 heterocycles. The second-order valence-electron chi connectivity index (χ2n) is 4.18. The van der Waals surface area contributed by atoms with Crippen LogP contribution in [0, 0.1) is 0 Å². The number of carbonyl (C=O) groups is 2. The Labute approximate surface area is 113 Å². The van der Waals surface area contributed by atoms with Crippen molar-refractivity contribution in [2.45, 2.75) is 0 Å². The third kappa shape index (κ3) is 5.14. The van der Waals surface area contributed by atoms with E-state index in [-0.39, 0.29) is 0 Å². The Hall–Kier alpha value is -1.18. The maximum Gasteiger partial charge on any atom is 0.312 e. The van der Waals surface area contributed by atoms with Crippen LogP contribution < -0.4 is 0 Å². The van der Waals surface area contributed by atoms with Crippen LogP contribution in [0.5, 0.6) is 0 Å². The molecule has 0 aromatic carbocycles. The molecule has 2 amide bonds. The molecule has 1 rings (SSSR count). The second kappa shape index (κ2) is 8.84. The molecule has 0 unspecified atom stereocenters. The van der Waals surface area contributed by atoms with Gasteiger partial charge in [-0.1, -0.05) is 0 Å². The van der Waals surface area contributed by atoms with Gasteiger partial charge in [0.25, 0.3) is 0 Å². The molecular formula is C12H22N2O5. The highest BCUT2D eigenvalue weighted by Crippen LogP contribution is 2.01. The number of morpholine rings is 1. The van der Waals surface area contributed by atoms with Gasteiger partial charge in [-0.05, 0) is 0 Å². The summed E-state index contributed by atoms with van der Waals surface area (Å²) >= 11 is 0. The van der Waals surface area contributed by atoms with Gasteiger partial charge in [0.2, 0.25) is 0 Å². The number of carbonyl (C=O) groups excluding carboxylic acids is 2. The minimum Gasteiger partial charge on any atom is -0.383 e. The van der Waals surface area contributed by atoms with Crippen molar-refractivity contribution >= 4 is 11.8 Å². The topological polar surface area (TPSA) is 68.3 Å². The zero-order chi connectivity index (χ0) is 14.1. The van der Waals surface area contributed by atoms with Gasteiger partial charge in [-0.25, -0.2) is 0 Å². The first-order valence-electron chi connectivity index (χ1n) is 6.34. The first-order chi connectivity index (χ1) is 9.20. The molecular weight excluding hydrogens is 252 g/mol. The standard InChI is InChI=1S/C12H22N2O5/c1-17-7-3-13(4-8-18-2)11(15)12(16)14-5-9-19-10-6-14/h3-10H2,1-2H3. The van der Waals surface area contributed by atoms with Crippen molar-refractivity contribution in [3.8, 4) is 0 Å². The van der Waals surface area contributed by atoms with Gasteiger partial charge in [0.1, 0.15) is 0 Å². The maximum atomic E-state index is 12.1. The van der Waals surface area contributed by atoms with Crippen LogP contribution >= 0.6 is 0 Å². The second-order valence-corrected chi connectivity index (χ2v) is 4.18. The first kappa shape index (κ1) is 15.9. The van der Waals surface area contributed by atoms with Gasteiger partial charge in [-0.3, -0.25) is 9.59 Å². The van der Waals surface area contributed by atoms with E-state index >= 15 is 0 Å². The minimum atomic E-state index is -0.504. The molecule has 1 fully saturated rings. The van der Waals surface area contributed by atoms with Gasteiger partial charge in [-0.2, -0.15) is 0 Å². The van der Waals surface area contributed by atoms with Gasteiger partial charge < -0.3 is 24.0 Å². The van der Waals surface area contributed by atoms with Crippen LogP contribution in [0.2, 0.25) is 0 Å². The summed E-state index contributed by atoms with van der Waals surface area (Å²) in [4.78, 5) is 27.2. The van der Waals surface area contributed by atoms with Crippen LogP contribution in [0.15, 0.2) is 0 Å². The average Bonchev–Trinajstić information content (AvgIpc) is 2.47. The van der Waals surface area contributed by atoms with Crippen LogP contribution in [0.4, 0.5) is 0 Å². The summed E-state index contributed by atoms with van der Waals surface area (Å²) in [6.07, 6.45) is 0. The van der Waals surface area contributed by atoms with Crippen molar-refractivity contribution in [1.29, 1.82) is 0 Å². The Morgan fingerprint density at radius 3 is 2.11 bits per heavy atom. The van der Waals surface area contributed by atoms with E-state index in [0.29, 0.717) is 52.6 Å². The Morgan fingerprint density at radius 2 is 1.63 bits per heavy atom. The fourth-order valence-electron chi connectivity index (χ4n) is 1.75. The minimum absolute atomic E-state index is 0.384. The van der Waals surface area contributed by atoms with E-state index in [1.54, 1.807) is 14.2 Å². The summed E-state index contributed by atoms with van der Waals surface area (Å²) in [5.41, 5.74) is 0. The zero-order valence-corrected chi connectivity index (χ0v) is 11.6. The Balaban J connectivity index is 2.54. The van der Waals surface area contributed by atoms with Crippen molar-refractivity contribution in [2.75, 3.05) is 66.8 Å². The largest absolute Gasteiger partial charge is 0.383 e. The highest BCUT2D eigenvalue weighted by molar-refractivity contribution is 6.34. The summed E-state index contributed by atoms with van der Waals surface area (Å²) in [5.74, 6) is -0.980. The van der Waals surface area contributed by atoms with E-state index in [2.05, 4.69) is 0 Å². The number of methoxy groups -OCH3 is 2. The Morgan fingerprint density at radius 1 is 1.11 bits per heavy atom. The monoisotopic (exact) mass is 274 g/mol. The smallest absolute Gasteiger partial charge is 0.312 e. The molecule has 7 heteroatoms. The molecule has 0 N–H and O–H groups in total. The van der Waals surface area contributed by atoms with E-state index < -0.39 is 11.8 Å². The molecule has 1 saturated heterocycles. The summed E-state index contributed by atoms with van der Waals surface area (Å²) < 4.78 is 15.1. The maximum absolute atomic E-state index is 12.1. The van der Waals surface area contributed by atoms with Crippen molar-refractivity contribution in [3.05, 3.63) is 0 Å². The normalized spacial score (nSPS) is 15.4. The highest BCUT2D eigenvalue weighted by Gasteiger charge is 2.27. The van der Waals surface area contributed by atoms with Crippen LogP contribution in [0.25, 0.3) is 0 Å². The molecule has 0 atom stereocenters. The third-order valence-corrected chi connectivity index (χ3v) is 2.90. The van der Waals surface area contributed by atoms with Crippen LogP contribution in [-0.2, 0) is 23.8 Å². The summed E-state index contributed by atoms with van der Waals surface area (Å²) in [5, 5.41) is 0. The molecule has 1 aliphatic heterocycles. The van der Waals surface area contributed by atoms with Crippen LogP contribution in [0.3, 0.4) is 0 Å². The van der Waals surface area contributed by atoms with E-state index in [9.17, 15) is 9.59 Å². The number of amides is 2. The molecule has 0 saturated carbocycles. The quantitative estimate of drug-likeness (QED) is 0.579. The fraction of sp³-hybridized carbons (Fsp3) is 0.833. The molecule has 0 spiro atoms. The summed E-state index contributed by atoms with van der Waals surface area (Å²) in [7, 11) is 3.12. The van der Waals surface area contributed by atoms with Crippen molar-refractivity contribution in [2.24, 2.45) is 0 Å². The van der Waals surface area contributed by atoms with Crippen molar-refractivity contribution < 1.29 is 23.8 Å². The number of hydrogen-bond donors (Lipinski definition) is 0. The lowest BCUT2D eigenvalue weighted by molar-refractivity contribution is -0.154. The van der Waals surface area contributed by atoms with E-state index in [1.165, 1.54) is 9.80 Å². The summed E-state index contributed by atoms with van der Waals surface area (Å²) in [6, 6.07) is 0. The number of hydrogen-bond acceptors (Lipinski definition) is 5. The van der Waals surface area contributed by atoms with Gasteiger partial charge in [-0.15, -0.1) is 0 Å². The molecule has 110 valence electrons. The van der Waals surface area contributed by atoms with Gasteiger partial charge in [0, 0.05) is 40.4 Å². The Bertz CT molecular complexity index is 284. The van der Waals surface area contributed by atoms with Crippen LogP contribution in [0.1, 0.15) is 0 Å². The van der Waals surface area contributed by atoms with E-state index in [4.69, 9.17) is 14.2 Å². The van der Waals surface area contributed by atoms with Crippen LogP contribution in [-0.4, -0.2) is 88.4 Å². The van der Waals surface area contributed by atoms with Gasteiger partial charge >= 0.3 is 11.8 Å². The van der Waals surface area contributed by atoms with Crippen molar-refractivity contribution in [3.63, 3.8) is 0 Å². The molecule has 0 bridgehead atoms. The predicted octanol–water partition coefficient (Wildman–Crippen LogP) is -1.03. The highest BCUT2D eigenvalue weighted by atomic mass is 16.5. The molecule has 7 nitrogen and oxygen atoms in total. The molecule has 0 aliphatic carbocycles. The van der Waals surface area contributed by atoms with Gasteiger partial charge in [0.15, 0.2) is 0 Å². The molecule has 0 aromatic rings. The zero-order valence-electron chi connectivity index (χ0n) is 11.6. The SMILES string of the molecule is COCCN(CCOC)C(=O)C(=O)N1CCOCC1. The molecule has 0 aromatic heterocycles. The third-order valence-electron chi connectivity index (χ3n) is 2.90. The van der Waals surface area contributed by atoms with E-state index in [1.807, 2.05) is 0 Å². The average molecular weight is 274 g/mol. The van der Waals surface area contributed by atoms with Crippen molar-refractivity contribution in [1.82, 2.24) is 9.80 Å². The number of nitrogens with zero attached hydrogens (tertiary/aromatic N) is 2. The van der Waals surface area contributed by atoms with Gasteiger partial charge in [0.05, 0.1) is 26.4 Å². The molecule has 19 heavy (non-hydrogen) atoms. The summed E-state index contributed by atoms with van der Waals surface area (Å²) in [6.45, 7) is 3.45. The lowest BCUT2D eigenvalue weighted by atomic mass is 10.3. The number of ether oxygens (including phenoxy) is 3. The lowest BCUT2D eigenvalue weighted by Gasteiger charge is -2.29. The van der Waals surface area contributed by atoms with E-state index in [0.717, 1.165) is 0 Å². The predicted molar refractivity (Wildman–Crippen MR) is 67.7 cm³/mol.